The van der Waals surface area contributed by atoms with Crippen LogP contribution in [0.2, 0.25) is 0 Å². The maximum atomic E-state index is 3.59. The summed E-state index contributed by atoms with van der Waals surface area (Å²) in [6.07, 6.45) is 3.86. The number of rotatable bonds is 1. The number of nitrogens with zero attached hydrogens (tertiary/aromatic N) is 1. The van der Waals surface area contributed by atoms with Crippen molar-refractivity contribution < 1.29 is 0 Å². The second kappa shape index (κ2) is 4.93. The predicted molar refractivity (Wildman–Crippen MR) is 77.1 cm³/mol. The molecule has 1 aromatic carbocycles. The summed E-state index contributed by atoms with van der Waals surface area (Å²) in [7, 11) is 0. The fourth-order valence-corrected chi connectivity index (χ4v) is 3.61. The van der Waals surface area contributed by atoms with Gasteiger partial charge in [-0.1, -0.05) is 25.1 Å². The van der Waals surface area contributed by atoms with Gasteiger partial charge in [-0.25, -0.2) is 0 Å². The maximum absolute atomic E-state index is 3.59. The summed E-state index contributed by atoms with van der Waals surface area (Å²) < 4.78 is 0. The zero-order chi connectivity index (χ0) is 12.5. The van der Waals surface area contributed by atoms with E-state index < -0.39 is 0 Å². The standard InChI is InChI=1S/C16H24N2/c1-12-9-15(11-17-10-12)18-13(2)7-8-14-5-3-4-6-16(14)18/h3-6,12-13,15,17H,7-11H2,1-2H3. The van der Waals surface area contributed by atoms with Crippen LogP contribution in [0.4, 0.5) is 5.69 Å². The molecule has 1 fully saturated rings. The molecule has 0 aromatic heterocycles. The highest BCUT2D eigenvalue weighted by Crippen LogP contribution is 2.34. The SMILES string of the molecule is CC1CNCC(N2c3ccccc3CCC2C)C1. The third-order valence-corrected chi connectivity index (χ3v) is 4.52. The molecule has 0 aliphatic carbocycles. The normalized spacial score (nSPS) is 32.1. The van der Waals surface area contributed by atoms with Crippen LogP contribution in [0, 0.1) is 5.92 Å². The van der Waals surface area contributed by atoms with Gasteiger partial charge in [0.15, 0.2) is 0 Å². The van der Waals surface area contributed by atoms with E-state index in [0.717, 1.165) is 12.5 Å². The third-order valence-electron chi connectivity index (χ3n) is 4.52. The summed E-state index contributed by atoms with van der Waals surface area (Å²) in [5.74, 6) is 0.796. The highest BCUT2D eigenvalue weighted by atomic mass is 15.2. The van der Waals surface area contributed by atoms with Gasteiger partial charge in [0, 0.05) is 24.3 Å². The first kappa shape index (κ1) is 12.0. The quantitative estimate of drug-likeness (QED) is 0.817. The molecule has 2 heterocycles. The number of nitrogens with one attached hydrogen (secondary N) is 1. The lowest BCUT2D eigenvalue weighted by Gasteiger charge is -2.45. The van der Waals surface area contributed by atoms with Crippen molar-refractivity contribution in [3.8, 4) is 0 Å². The Balaban J connectivity index is 1.90. The second-order valence-corrected chi connectivity index (χ2v) is 6.08. The molecule has 2 aliphatic heterocycles. The van der Waals surface area contributed by atoms with Crippen molar-refractivity contribution >= 4 is 5.69 Å². The van der Waals surface area contributed by atoms with E-state index in [1.165, 1.54) is 37.1 Å². The van der Waals surface area contributed by atoms with Crippen molar-refractivity contribution in [2.45, 2.75) is 45.2 Å². The van der Waals surface area contributed by atoms with Crippen LogP contribution in [0.15, 0.2) is 24.3 Å². The van der Waals surface area contributed by atoms with Crippen LogP contribution >= 0.6 is 0 Å². The minimum atomic E-state index is 0.671. The molecule has 2 aliphatic rings. The monoisotopic (exact) mass is 244 g/mol. The molecule has 1 saturated heterocycles. The number of piperidine rings is 1. The fourth-order valence-electron chi connectivity index (χ4n) is 3.61. The summed E-state index contributed by atoms with van der Waals surface area (Å²) in [4.78, 5) is 2.68. The van der Waals surface area contributed by atoms with Gasteiger partial charge in [-0.05, 0) is 50.3 Å². The second-order valence-electron chi connectivity index (χ2n) is 6.08. The number of aryl methyl sites for hydroxylation is 1. The van der Waals surface area contributed by atoms with Crippen molar-refractivity contribution in [3.05, 3.63) is 29.8 Å². The van der Waals surface area contributed by atoms with Gasteiger partial charge in [-0.3, -0.25) is 0 Å². The van der Waals surface area contributed by atoms with Gasteiger partial charge < -0.3 is 10.2 Å². The van der Waals surface area contributed by atoms with E-state index in [2.05, 4.69) is 48.3 Å². The van der Waals surface area contributed by atoms with Crippen LogP contribution in [0.5, 0.6) is 0 Å². The smallest absolute Gasteiger partial charge is 0.0420 e. The topological polar surface area (TPSA) is 15.3 Å². The molecule has 2 heteroatoms. The summed E-state index contributed by atoms with van der Waals surface area (Å²) >= 11 is 0. The van der Waals surface area contributed by atoms with E-state index in [1.54, 1.807) is 0 Å². The molecule has 0 bridgehead atoms. The van der Waals surface area contributed by atoms with E-state index in [4.69, 9.17) is 0 Å². The summed E-state index contributed by atoms with van der Waals surface area (Å²) in [5.41, 5.74) is 3.02. The number of para-hydroxylation sites is 1. The van der Waals surface area contributed by atoms with Gasteiger partial charge in [0.1, 0.15) is 0 Å². The first-order valence-corrected chi connectivity index (χ1v) is 7.32. The Morgan fingerprint density at radius 1 is 1.17 bits per heavy atom. The summed E-state index contributed by atoms with van der Waals surface area (Å²) in [6, 6.07) is 10.3. The first-order valence-electron chi connectivity index (χ1n) is 7.32. The van der Waals surface area contributed by atoms with E-state index in [-0.39, 0.29) is 0 Å². The molecule has 1 aromatic rings. The molecule has 1 N–H and O–H groups in total. The molecule has 3 rings (SSSR count). The molecular weight excluding hydrogens is 220 g/mol. The van der Waals surface area contributed by atoms with Crippen molar-refractivity contribution in [2.24, 2.45) is 5.92 Å². The van der Waals surface area contributed by atoms with Crippen molar-refractivity contribution in [2.75, 3.05) is 18.0 Å². The average Bonchev–Trinajstić information content (AvgIpc) is 2.38. The van der Waals surface area contributed by atoms with Crippen LogP contribution in [-0.4, -0.2) is 25.2 Å². The molecule has 0 amide bonds. The molecule has 3 atom stereocenters. The van der Waals surface area contributed by atoms with E-state index in [9.17, 15) is 0 Å². The lowest BCUT2D eigenvalue weighted by molar-refractivity contribution is 0.328. The predicted octanol–water partition coefficient (Wildman–Crippen LogP) is 2.83. The molecule has 0 saturated carbocycles. The Kier molecular flexibility index (Phi) is 3.29. The van der Waals surface area contributed by atoms with Crippen LogP contribution in [0.1, 0.15) is 32.3 Å². The molecule has 98 valence electrons. The van der Waals surface area contributed by atoms with E-state index in [0.29, 0.717) is 12.1 Å². The summed E-state index contributed by atoms with van der Waals surface area (Å²) in [5, 5.41) is 3.59. The molecule has 3 unspecified atom stereocenters. The Morgan fingerprint density at radius 3 is 2.83 bits per heavy atom. The van der Waals surface area contributed by atoms with E-state index >= 15 is 0 Å². The lowest BCUT2D eigenvalue weighted by Crippen LogP contribution is -2.53. The highest BCUT2D eigenvalue weighted by Gasteiger charge is 2.31. The van der Waals surface area contributed by atoms with Crippen molar-refractivity contribution in [1.29, 1.82) is 0 Å². The van der Waals surface area contributed by atoms with Crippen LogP contribution in [-0.2, 0) is 6.42 Å². The molecule has 18 heavy (non-hydrogen) atoms. The van der Waals surface area contributed by atoms with Crippen LogP contribution in [0.25, 0.3) is 0 Å². The third kappa shape index (κ3) is 2.14. The Bertz CT molecular complexity index is 415. The molecule has 0 spiro atoms. The largest absolute Gasteiger partial charge is 0.364 e. The van der Waals surface area contributed by atoms with Gasteiger partial charge in [-0.15, -0.1) is 0 Å². The Hall–Kier alpha value is -1.02. The fraction of sp³-hybridized carbons (Fsp3) is 0.625. The highest BCUT2D eigenvalue weighted by molar-refractivity contribution is 5.57. The van der Waals surface area contributed by atoms with Gasteiger partial charge in [0.25, 0.3) is 0 Å². The zero-order valence-electron chi connectivity index (χ0n) is 11.5. The summed E-state index contributed by atoms with van der Waals surface area (Å²) in [6.45, 7) is 7.07. The maximum Gasteiger partial charge on any atom is 0.0420 e. The molecule has 0 radical (unpaired) electrons. The van der Waals surface area contributed by atoms with E-state index in [1.807, 2.05) is 0 Å². The number of benzene rings is 1. The zero-order valence-corrected chi connectivity index (χ0v) is 11.5. The van der Waals surface area contributed by atoms with Gasteiger partial charge >= 0.3 is 0 Å². The van der Waals surface area contributed by atoms with Crippen molar-refractivity contribution in [3.63, 3.8) is 0 Å². The average molecular weight is 244 g/mol. The van der Waals surface area contributed by atoms with Crippen molar-refractivity contribution in [1.82, 2.24) is 5.32 Å². The van der Waals surface area contributed by atoms with Gasteiger partial charge in [0.2, 0.25) is 0 Å². The molecular formula is C16H24N2. The number of anilines is 1. The number of hydrogen-bond acceptors (Lipinski definition) is 2. The van der Waals surface area contributed by atoms with Gasteiger partial charge in [0.05, 0.1) is 0 Å². The lowest BCUT2D eigenvalue weighted by atomic mass is 9.90. The Labute approximate surface area is 110 Å². The van der Waals surface area contributed by atoms with Gasteiger partial charge in [-0.2, -0.15) is 0 Å². The van der Waals surface area contributed by atoms with Crippen LogP contribution in [0.3, 0.4) is 0 Å². The first-order chi connectivity index (χ1) is 8.75. The number of hydrogen-bond donors (Lipinski definition) is 1. The minimum absolute atomic E-state index is 0.671. The molecule has 2 nitrogen and oxygen atoms in total. The Morgan fingerprint density at radius 2 is 2.00 bits per heavy atom. The minimum Gasteiger partial charge on any atom is -0.364 e. The number of fused-ring (bicyclic) bond motifs is 1. The van der Waals surface area contributed by atoms with Crippen LogP contribution < -0.4 is 10.2 Å².